The van der Waals surface area contributed by atoms with Crippen molar-refractivity contribution in [2.75, 3.05) is 13.2 Å². The Hall–Kier alpha value is -2.08. The lowest BCUT2D eigenvalue weighted by Crippen LogP contribution is -2.25. The van der Waals surface area contributed by atoms with Crippen LogP contribution >= 0.6 is 11.6 Å². The van der Waals surface area contributed by atoms with Gasteiger partial charge in [-0.2, -0.15) is 5.10 Å². The Kier molecular flexibility index (Phi) is 6.40. The van der Waals surface area contributed by atoms with Crippen molar-refractivity contribution in [2.24, 2.45) is 5.10 Å². The number of benzene rings is 1. The first-order valence-electron chi connectivity index (χ1n) is 7.54. The van der Waals surface area contributed by atoms with Gasteiger partial charge in [-0.25, -0.2) is 5.43 Å². The van der Waals surface area contributed by atoms with Crippen molar-refractivity contribution in [3.8, 4) is 5.75 Å². The van der Waals surface area contributed by atoms with Crippen molar-refractivity contribution in [3.63, 3.8) is 0 Å². The van der Waals surface area contributed by atoms with Crippen molar-refractivity contribution < 1.29 is 19.1 Å². The van der Waals surface area contributed by atoms with Gasteiger partial charge in [-0.15, -0.1) is 0 Å². The zero-order valence-electron chi connectivity index (χ0n) is 12.9. The second kappa shape index (κ2) is 8.53. The molecule has 124 valence electrons. The lowest BCUT2D eigenvalue weighted by atomic mass is 10.0. The first-order valence-corrected chi connectivity index (χ1v) is 7.91. The maximum atomic E-state index is 11.2. The Labute approximate surface area is 139 Å². The van der Waals surface area contributed by atoms with Crippen molar-refractivity contribution >= 4 is 29.2 Å². The molecule has 2 rings (SSSR count). The van der Waals surface area contributed by atoms with Crippen LogP contribution in [0.15, 0.2) is 23.3 Å². The van der Waals surface area contributed by atoms with Crippen LogP contribution in [-0.4, -0.2) is 30.8 Å². The monoisotopic (exact) mass is 338 g/mol. The largest absolute Gasteiger partial charge is 0.492 e. The Bertz CT molecular complexity index is 616. The Morgan fingerprint density at radius 1 is 1.39 bits per heavy atom. The van der Waals surface area contributed by atoms with Gasteiger partial charge in [0.05, 0.1) is 23.9 Å². The van der Waals surface area contributed by atoms with Gasteiger partial charge in [-0.1, -0.05) is 11.6 Å². The molecule has 0 saturated heterocycles. The summed E-state index contributed by atoms with van der Waals surface area (Å²) in [5.41, 5.74) is 4.11. The number of nitrogens with one attached hydrogen (secondary N) is 1. The molecule has 0 spiro atoms. The normalized spacial score (nSPS) is 14.0. The first-order chi connectivity index (χ1) is 11.1. The minimum Gasteiger partial charge on any atom is -0.492 e. The number of nitrogens with zero attached hydrogens (tertiary/aromatic N) is 1. The van der Waals surface area contributed by atoms with Crippen LogP contribution in [0.1, 0.15) is 38.2 Å². The molecule has 0 fully saturated rings. The average molecular weight is 339 g/mol. The number of halogens is 1. The lowest BCUT2D eigenvalue weighted by molar-refractivity contribution is -0.143. The molecular weight excluding hydrogens is 320 g/mol. The van der Waals surface area contributed by atoms with Crippen molar-refractivity contribution in [2.45, 2.75) is 32.6 Å². The van der Waals surface area contributed by atoms with Gasteiger partial charge in [0.2, 0.25) is 5.91 Å². The van der Waals surface area contributed by atoms with E-state index in [1.807, 2.05) is 6.07 Å². The molecule has 1 aliphatic heterocycles. The third-order valence-electron chi connectivity index (χ3n) is 3.26. The highest BCUT2D eigenvalue weighted by Crippen LogP contribution is 2.27. The number of rotatable bonds is 7. The molecule has 0 unspecified atom stereocenters. The Balaban J connectivity index is 1.87. The summed E-state index contributed by atoms with van der Waals surface area (Å²) in [7, 11) is 0. The predicted molar refractivity (Wildman–Crippen MR) is 86.7 cm³/mol. The molecule has 1 aromatic carbocycles. The van der Waals surface area contributed by atoms with Crippen LogP contribution in [0, 0.1) is 0 Å². The number of hydrazone groups is 1. The van der Waals surface area contributed by atoms with Gasteiger partial charge >= 0.3 is 5.97 Å². The minimum atomic E-state index is -0.227. The van der Waals surface area contributed by atoms with Crippen molar-refractivity contribution in [1.82, 2.24) is 5.43 Å². The van der Waals surface area contributed by atoms with Gasteiger partial charge in [-0.3, -0.25) is 9.59 Å². The SMILES string of the molecule is CCOC(=O)CCCOc1ccc(C2=NNC(=O)CC2)cc1Cl. The molecule has 0 saturated carbocycles. The van der Waals surface area contributed by atoms with E-state index < -0.39 is 0 Å². The van der Waals surface area contributed by atoms with E-state index >= 15 is 0 Å². The molecule has 1 aliphatic rings. The average Bonchev–Trinajstić information content (AvgIpc) is 2.54. The topological polar surface area (TPSA) is 77.0 Å². The zero-order valence-corrected chi connectivity index (χ0v) is 13.7. The molecule has 1 amide bonds. The fraction of sp³-hybridized carbons (Fsp3) is 0.438. The van der Waals surface area contributed by atoms with Gasteiger partial charge in [-0.05, 0) is 37.1 Å². The number of hydrogen-bond donors (Lipinski definition) is 1. The maximum absolute atomic E-state index is 11.2. The van der Waals surface area contributed by atoms with Gasteiger partial charge < -0.3 is 9.47 Å². The summed E-state index contributed by atoms with van der Waals surface area (Å²) in [6, 6.07) is 5.38. The number of hydrogen-bond acceptors (Lipinski definition) is 5. The van der Waals surface area contributed by atoms with E-state index in [0.717, 1.165) is 11.3 Å². The molecule has 0 atom stereocenters. The molecule has 1 aromatic rings. The number of ether oxygens (including phenoxy) is 2. The summed E-state index contributed by atoms with van der Waals surface area (Å²) in [5.74, 6) is 0.246. The third-order valence-corrected chi connectivity index (χ3v) is 3.55. The predicted octanol–water partition coefficient (Wildman–Crippen LogP) is 2.68. The van der Waals surface area contributed by atoms with Gasteiger partial charge in [0.25, 0.3) is 0 Å². The zero-order chi connectivity index (χ0) is 16.7. The maximum Gasteiger partial charge on any atom is 0.305 e. The molecule has 0 aromatic heterocycles. The highest BCUT2D eigenvalue weighted by molar-refractivity contribution is 6.32. The van der Waals surface area contributed by atoms with E-state index in [-0.39, 0.29) is 11.9 Å². The van der Waals surface area contributed by atoms with Crippen LogP contribution in [0.4, 0.5) is 0 Å². The van der Waals surface area contributed by atoms with Crippen molar-refractivity contribution in [1.29, 1.82) is 0 Å². The van der Waals surface area contributed by atoms with Crippen LogP contribution in [-0.2, 0) is 14.3 Å². The van der Waals surface area contributed by atoms with E-state index in [0.29, 0.717) is 49.7 Å². The Morgan fingerprint density at radius 2 is 2.22 bits per heavy atom. The summed E-state index contributed by atoms with van der Waals surface area (Å²) in [5, 5.41) is 4.50. The van der Waals surface area contributed by atoms with E-state index in [1.54, 1.807) is 19.1 Å². The van der Waals surface area contributed by atoms with Crippen LogP contribution in [0.2, 0.25) is 5.02 Å². The molecule has 1 heterocycles. The van der Waals surface area contributed by atoms with Gasteiger partial charge in [0.15, 0.2) is 0 Å². The molecule has 0 bridgehead atoms. The van der Waals surface area contributed by atoms with E-state index in [4.69, 9.17) is 21.1 Å². The standard InChI is InChI=1S/C16H19ClN2O4/c1-2-22-16(21)4-3-9-23-14-7-5-11(10-12(14)17)13-6-8-15(20)19-18-13/h5,7,10H,2-4,6,8-9H2,1H3,(H,19,20). The fourth-order valence-electron chi connectivity index (χ4n) is 2.11. The number of esters is 1. The molecular formula is C16H19ClN2O4. The van der Waals surface area contributed by atoms with E-state index in [2.05, 4.69) is 10.5 Å². The van der Waals surface area contributed by atoms with Gasteiger partial charge in [0, 0.05) is 19.3 Å². The second-order valence-electron chi connectivity index (χ2n) is 5.00. The van der Waals surface area contributed by atoms with Crippen LogP contribution in [0.5, 0.6) is 5.75 Å². The highest BCUT2D eigenvalue weighted by atomic mass is 35.5. The molecule has 1 N–H and O–H groups in total. The minimum absolute atomic E-state index is 0.0820. The van der Waals surface area contributed by atoms with Crippen LogP contribution < -0.4 is 10.2 Å². The molecule has 7 heteroatoms. The Morgan fingerprint density at radius 3 is 2.87 bits per heavy atom. The number of carbonyl (C=O) groups excluding carboxylic acids is 2. The van der Waals surface area contributed by atoms with Gasteiger partial charge in [0.1, 0.15) is 5.75 Å². The fourth-order valence-corrected chi connectivity index (χ4v) is 2.35. The van der Waals surface area contributed by atoms with Crippen LogP contribution in [0.3, 0.4) is 0 Å². The summed E-state index contributed by atoms with van der Waals surface area (Å²) in [4.78, 5) is 22.3. The number of carbonyl (C=O) groups is 2. The summed E-state index contributed by atoms with van der Waals surface area (Å²) in [6.45, 7) is 2.55. The second-order valence-corrected chi connectivity index (χ2v) is 5.40. The first kappa shape index (κ1) is 17.3. The molecule has 0 radical (unpaired) electrons. The number of amides is 1. The van der Waals surface area contributed by atoms with Crippen molar-refractivity contribution in [3.05, 3.63) is 28.8 Å². The third kappa shape index (κ3) is 5.25. The summed E-state index contributed by atoms with van der Waals surface area (Å²) < 4.78 is 10.4. The van der Waals surface area contributed by atoms with E-state index in [9.17, 15) is 9.59 Å². The lowest BCUT2D eigenvalue weighted by Gasteiger charge is -2.14. The van der Waals surface area contributed by atoms with Crippen LogP contribution in [0.25, 0.3) is 0 Å². The summed E-state index contributed by atoms with van der Waals surface area (Å²) in [6.07, 6.45) is 1.89. The summed E-state index contributed by atoms with van der Waals surface area (Å²) >= 11 is 6.21. The highest BCUT2D eigenvalue weighted by Gasteiger charge is 2.14. The smallest absolute Gasteiger partial charge is 0.305 e. The van der Waals surface area contributed by atoms with E-state index in [1.165, 1.54) is 0 Å². The molecule has 23 heavy (non-hydrogen) atoms. The molecule has 0 aliphatic carbocycles. The quantitative estimate of drug-likeness (QED) is 0.612. The molecule has 6 nitrogen and oxygen atoms in total.